The van der Waals surface area contributed by atoms with Gasteiger partial charge >= 0.3 is 5.97 Å². The Kier molecular flexibility index (Phi) is 5.16. The summed E-state index contributed by atoms with van der Waals surface area (Å²) in [5.41, 5.74) is 0.259. The third kappa shape index (κ3) is 3.94. The number of carbonyl (C=O) groups is 2. The Morgan fingerprint density at radius 1 is 1.33 bits per heavy atom. The Labute approximate surface area is 160 Å². The molecule has 3 rings (SSSR count). The maximum Gasteiger partial charge on any atom is 0.349 e. The van der Waals surface area contributed by atoms with E-state index in [9.17, 15) is 19.7 Å². The minimum atomic E-state index is -1.08. The molecular weight excluding hydrogens is 390 g/mol. The molecule has 0 saturated carbocycles. The summed E-state index contributed by atoms with van der Waals surface area (Å²) in [6, 6.07) is 9.32. The summed E-state index contributed by atoms with van der Waals surface area (Å²) in [7, 11) is 0. The molecule has 0 radical (unpaired) electrons. The number of nitro groups is 1. The van der Waals surface area contributed by atoms with E-state index in [0.717, 1.165) is 11.3 Å². The maximum atomic E-state index is 12.3. The van der Waals surface area contributed by atoms with Crippen LogP contribution in [-0.2, 0) is 9.53 Å². The van der Waals surface area contributed by atoms with E-state index >= 15 is 0 Å². The Bertz CT molecular complexity index is 1100. The zero-order chi connectivity index (χ0) is 19.6. The number of nitrogens with one attached hydrogen (secondary N) is 1. The van der Waals surface area contributed by atoms with Crippen molar-refractivity contribution in [3.8, 4) is 6.07 Å². The van der Waals surface area contributed by atoms with Gasteiger partial charge in [-0.1, -0.05) is 0 Å². The highest BCUT2D eigenvalue weighted by Gasteiger charge is 2.22. The molecule has 0 aliphatic carbocycles. The highest BCUT2D eigenvalue weighted by molar-refractivity contribution is 7.20. The molecular formula is C17H11N3O5S2. The van der Waals surface area contributed by atoms with Gasteiger partial charge in [-0.25, -0.2) is 4.79 Å². The van der Waals surface area contributed by atoms with Crippen LogP contribution in [0.2, 0.25) is 0 Å². The van der Waals surface area contributed by atoms with Crippen LogP contribution in [0.3, 0.4) is 0 Å². The first kappa shape index (κ1) is 18.5. The Hall–Kier alpha value is -3.29. The summed E-state index contributed by atoms with van der Waals surface area (Å²) >= 11 is 2.31. The molecule has 0 unspecified atom stereocenters. The number of hydrogen-bond donors (Lipinski definition) is 1. The predicted octanol–water partition coefficient (Wildman–Crippen LogP) is 3.93. The molecule has 1 aromatic carbocycles. The van der Waals surface area contributed by atoms with Crippen molar-refractivity contribution in [3.63, 3.8) is 0 Å². The van der Waals surface area contributed by atoms with E-state index in [-0.39, 0.29) is 10.6 Å². The molecule has 136 valence electrons. The largest absolute Gasteiger partial charge is 0.448 e. The lowest BCUT2D eigenvalue weighted by Crippen LogP contribution is -2.29. The average Bonchev–Trinajstić information content (AvgIpc) is 3.26. The van der Waals surface area contributed by atoms with Gasteiger partial charge in [-0.15, -0.1) is 22.7 Å². The minimum Gasteiger partial charge on any atom is -0.448 e. The van der Waals surface area contributed by atoms with E-state index in [1.165, 1.54) is 36.5 Å². The summed E-state index contributed by atoms with van der Waals surface area (Å²) in [5, 5.41) is 25.0. The molecule has 2 heterocycles. The van der Waals surface area contributed by atoms with Crippen molar-refractivity contribution in [1.29, 1.82) is 5.26 Å². The number of esters is 1. The van der Waals surface area contributed by atoms with Gasteiger partial charge in [0.25, 0.3) is 11.6 Å². The van der Waals surface area contributed by atoms with Crippen LogP contribution >= 0.6 is 22.7 Å². The molecule has 0 fully saturated rings. The first-order valence-electron chi connectivity index (χ1n) is 7.56. The summed E-state index contributed by atoms with van der Waals surface area (Å²) in [6.45, 7) is 1.42. The SMILES string of the molecule is C[C@@H](OC(=O)c1cc2cc([N+](=O)[O-])ccc2s1)C(=O)Nc1sccc1C#N. The number of nitrogens with zero attached hydrogens (tertiary/aromatic N) is 2. The second-order valence-electron chi connectivity index (χ2n) is 5.40. The van der Waals surface area contributed by atoms with Crippen molar-refractivity contribution in [2.24, 2.45) is 0 Å². The van der Waals surface area contributed by atoms with E-state index in [1.807, 2.05) is 6.07 Å². The standard InChI is InChI=1S/C17H11N3O5S2/c1-9(15(21)19-16-10(8-18)4-5-26-16)25-17(22)14-7-11-6-12(20(23)24)2-3-13(11)27-14/h2-7,9H,1H3,(H,19,21)/t9-/m1/s1. The molecule has 0 spiro atoms. The van der Waals surface area contributed by atoms with Gasteiger partial charge in [-0.05, 0) is 30.5 Å². The first-order valence-corrected chi connectivity index (χ1v) is 9.26. The number of fused-ring (bicyclic) bond motifs is 1. The van der Waals surface area contributed by atoms with E-state index in [4.69, 9.17) is 10.00 Å². The van der Waals surface area contributed by atoms with Gasteiger partial charge in [0.2, 0.25) is 0 Å². The minimum absolute atomic E-state index is 0.0720. The Morgan fingerprint density at radius 2 is 2.11 bits per heavy atom. The quantitative estimate of drug-likeness (QED) is 0.393. The molecule has 10 heteroatoms. The summed E-state index contributed by atoms with van der Waals surface area (Å²) in [4.78, 5) is 35.0. The second kappa shape index (κ2) is 7.53. The van der Waals surface area contributed by atoms with E-state index in [1.54, 1.807) is 17.5 Å². The third-order valence-electron chi connectivity index (χ3n) is 3.59. The normalized spacial score (nSPS) is 11.6. The Morgan fingerprint density at radius 3 is 2.81 bits per heavy atom. The molecule has 0 bridgehead atoms. The van der Waals surface area contributed by atoms with Crippen LogP contribution in [0, 0.1) is 21.4 Å². The van der Waals surface area contributed by atoms with Gasteiger partial charge in [0, 0.05) is 22.2 Å². The van der Waals surface area contributed by atoms with Crippen LogP contribution in [0.4, 0.5) is 10.7 Å². The van der Waals surface area contributed by atoms with Gasteiger partial charge < -0.3 is 10.1 Å². The van der Waals surface area contributed by atoms with E-state index < -0.39 is 22.9 Å². The molecule has 1 N–H and O–H groups in total. The Balaban J connectivity index is 1.70. The number of nitriles is 1. The number of benzene rings is 1. The van der Waals surface area contributed by atoms with Crippen molar-refractivity contribution in [2.45, 2.75) is 13.0 Å². The third-order valence-corrected chi connectivity index (χ3v) is 5.51. The average molecular weight is 401 g/mol. The van der Waals surface area contributed by atoms with Crippen molar-refractivity contribution in [2.75, 3.05) is 5.32 Å². The lowest BCUT2D eigenvalue weighted by molar-refractivity contribution is -0.384. The van der Waals surface area contributed by atoms with Crippen molar-refractivity contribution < 1.29 is 19.2 Å². The molecule has 0 saturated heterocycles. The van der Waals surface area contributed by atoms with Gasteiger partial charge in [0.1, 0.15) is 15.9 Å². The molecule has 0 aliphatic rings. The topological polar surface area (TPSA) is 122 Å². The van der Waals surface area contributed by atoms with Gasteiger partial charge in [-0.2, -0.15) is 5.26 Å². The van der Waals surface area contributed by atoms with Gasteiger partial charge in [-0.3, -0.25) is 14.9 Å². The number of ether oxygens (including phenoxy) is 1. The fourth-order valence-corrected chi connectivity index (χ4v) is 3.89. The molecule has 1 atom stereocenters. The van der Waals surface area contributed by atoms with Crippen LogP contribution < -0.4 is 5.32 Å². The molecule has 2 aromatic heterocycles. The van der Waals surface area contributed by atoms with Crippen LogP contribution in [0.15, 0.2) is 35.7 Å². The first-order chi connectivity index (χ1) is 12.9. The maximum absolute atomic E-state index is 12.3. The van der Waals surface area contributed by atoms with Crippen molar-refractivity contribution >= 4 is 55.3 Å². The summed E-state index contributed by atoms with van der Waals surface area (Å²) < 4.78 is 5.87. The number of nitro benzene ring substituents is 1. The van der Waals surface area contributed by atoms with Gasteiger partial charge in [0.05, 0.1) is 10.5 Å². The fraction of sp³-hybridized carbons (Fsp3) is 0.118. The number of carbonyl (C=O) groups excluding carboxylic acids is 2. The van der Waals surface area contributed by atoms with Crippen LogP contribution in [0.25, 0.3) is 10.1 Å². The molecule has 8 nitrogen and oxygen atoms in total. The molecule has 0 aliphatic heterocycles. The monoisotopic (exact) mass is 401 g/mol. The highest BCUT2D eigenvalue weighted by Crippen LogP contribution is 2.29. The van der Waals surface area contributed by atoms with E-state index in [0.29, 0.717) is 20.7 Å². The predicted molar refractivity (Wildman–Crippen MR) is 101 cm³/mol. The van der Waals surface area contributed by atoms with Crippen molar-refractivity contribution in [1.82, 2.24) is 0 Å². The lowest BCUT2D eigenvalue weighted by atomic mass is 10.2. The van der Waals surface area contributed by atoms with Crippen LogP contribution in [-0.4, -0.2) is 22.9 Å². The number of hydrogen-bond acceptors (Lipinski definition) is 8. The zero-order valence-electron chi connectivity index (χ0n) is 13.8. The summed E-state index contributed by atoms with van der Waals surface area (Å²) in [6.07, 6.45) is -1.08. The van der Waals surface area contributed by atoms with Gasteiger partial charge in [0.15, 0.2) is 6.10 Å². The van der Waals surface area contributed by atoms with E-state index in [2.05, 4.69) is 5.32 Å². The number of rotatable bonds is 5. The number of non-ortho nitro benzene ring substituents is 1. The zero-order valence-corrected chi connectivity index (χ0v) is 15.4. The summed E-state index contributed by atoms with van der Waals surface area (Å²) in [5.74, 6) is -1.26. The number of thiophene rings is 2. The highest BCUT2D eigenvalue weighted by atomic mass is 32.1. The fourth-order valence-electron chi connectivity index (χ4n) is 2.22. The molecule has 1 amide bonds. The number of amides is 1. The second-order valence-corrected chi connectivity index (χ2v) is 7.40. The van der Waals surface area contributed by atoms with Crippen molar-refractivity contribution in [3.05, 3.63) is 56.3 Å². The molecule has 27 heavy (non-hydrogen) atoms. The lowest BCUT2D eigenvalue weighted by Gasteiger charge is -2.12. The van der Waals surface area contributed by atoms with Crippen LogP contribution in [0.1, 0.15) is 22.2 Å². The molecule has 3 aromatic rings. The number of anilines is 1. The smallest absolute Gasteiger partial charge is 0.349 e. The van der Waals surface area contributed by atoms with Crippen LogP contribution in [0.5, 0.6) is 0 Å².